The Labute approximate surface area is 135 Å². The molecule has 7 nitrogen and oxygen atoms in total. The summed E-state index contributed by atoms with van der Waals surface area (Å²) in [5.74, 6) is -2.24. The fourth-order valence-electron chi connectivity index (χ4n) is 2.04. The molecule has 0 saturated heterocycles. The Morgan fingerprint density at radius 2 is 1.78 bits per heavy atom. The molecule has 1 N–H and O–H groups in total. The topological polar surface area (TPSA) is 89.9 Å². The number of nitrogens with zero attached hydrogens (tertiary/aromatic N) is 1. The highest BCUT2D eigenvalue weighted by Crippen LogP contribution is 2.20. The van der Waals surface area contributed by atoms with Gasteiger partial charge in [-0.2, -0.15) is 0 Å². The van der Waals surface area contributed by atoms with E-state index in [-0.39, 0.29) is 17.7 Å². The van der Waals surface area contributed by atoms with Crippen molar-refractivity contribution in [1.82, 2.24) is 0 Å². The van der Waals surface area contributed by atoms with E-state index < -0.39 is 24.0 Å². The number of quaternary nitrogens is 1. The fourth-order valence-corrected chi connectivity index (χ4v) is 2.04. The zero-order chi connectivity index (χ0) is 17.6. The van der Waals surface area contributed by atoms with Crippen molar-refractivity contribution in [2.75, 3.05) is 27.7 Å². The van der Waals surface area contributed by atoms with Crippen LogP contribution in [-0.2, 0) is 14.3 Å². The van der Waals surface area contributed by atoms with Crippen molar-refractivity contribution in [3.8, 4) is 5.75 Å². The Hall–Kier alpha value is -2.41. The van der Waals surface area contributed by atoms with Gasteiger partial charge in [0, 0.05) is 6.92 Å². The van der Waals surface area contributed by atoms with Crippen molar-refractivity contribution in [2.24, 2.45) is 0 Å². The molecule has 126 valence electrons. The van der Waals surface area contributed by atoms with Gasteiger partial charge in [-0.25, -0.2) is 4.79 Å². The van der Waals surface area contributed by atoms with Crippen LogP contribution in [0.15, 0.2) is 24.3 Å². The quantitative estimate of drug-likeness (QED) is 0.462. The lowest BCUT2D eigenvalue weighted by Crippen LogP contribution is -2.43. The van der Waals surface area contributed by atoms with Crippen LogP contribution in [0.25, 0.3) is 0 Å². The monoisotopic (exact) mass is 324 g/mol. The second-order valence-electron chi connectivity index (χ2n) is 6.19. The standard InChI is InChI=1S/C16H21NO6/c1-11(18)22-14-8-6-5-7-13(14)16(21)23-12(9-15(19)20)10-17(2,3)4/h5-8,12H,9-10H2,1-4H3/p+1. The van der Waals surface area contributed by atoms with Gasteiger partial charge in [-0.05, 0) is 12.1 Å². The van der Waals surface area contributed by atoms with Gasteiger partial charge in [-0.3, -0.25) is 9.59 Å². The zero-order valence-corrected chi connectivity index (χ0v) is 13.7. The lowest BCUT2D eigenvalue weighted by Gasteiger charge is -2.28. The van der Waals surface area contributed by atoms with E-state index in [9.17, 15) is 14.4 Å². The van der Waals surface area contributed by atoms with Crippen molar-refractivity contribution in [3.63, 3.8) is 0 Å². The number of carboxylic acid groups (broad SMARTS) is 1. The van der Waals surface area contributed by atoms with E-state index in [1.165, 1.54) is 19.1 Å². The number of benzene rings is 1. The maximum Gasteiger partial charge on any atom is 0.342 e. The van der Waals surface area contributed by atoms with Crippen molar-refractivity contribution in [3.05, 3.63) is 29.8 Å². The molecular weight excluding hydrogens is 302 g/mol. The second kappa shape index (κ2) is 7.73. The van der Waals surface area contributed by atoms with Crippen LogP contribution in [0.4, 0.5) is 0 Å². The van der Waals surface area contributed by atoms with Crippen LogP contribution >= 0.6 is 0 Å². The Balaban J connectivity index is 2.94. The minimum absolute atomic E-state index is 0.0829. The Morgan fingerprint density at radius 3 is 2.30 bits per heavy atom. The number of carboxylic acids is 1. The molecule has 1 atom stereocenters. The first kappa shape index (κ1) is 18.6. The summed E-state index contributed by atoms with van der Waals surface area (Å²) in [5.41, 5.74) is 0.0829. The van der Waals surface area contributed by atoms with E-state index in [0.717, 1.165) is 0 Å². The van der Waals surface area contributed by atoms with Crippen LogP contribution in [0.2, 0.25) is 0 Å². The molecule has 0 radical (unpaired) electrons. The summed E-state index contributed by atoms with van der Waals surface area (Å²) in [5, 5.41) is 8.97. The van der Waals surface area contributed by atoms with Gasteiger partial charge in [0.25, 0.3) is 0 Å². The summed E-state index contributed by atoms with van der Waals surface area (Å²) < 4.78 is 10.7. The van der Waals surface area contributed by atoms with Gasteiger partial charge in [-0.1, -0.05) is 12.1 Å². The molecule has 0 aliphatic carbocycles. The average molecular weight is 324 g/mol. The van der Waals surface area contributed by atoms with E-state index >= 15 is 0 Å². The maximum atomic E-state index is 12.3. The maximum absolute atomic E-state index is 12.3. The van der Waals surface area contributed by atoms with E-state index in [1.54, 1.807) is 12.1 Å². The average Bonchev–Trinajstić information content (AvgIpc) is 2.35. The number of aliphatic carboxylic acids is 1. The van der Waals surface area contributed by atoms with Gasteiger partial charge in [0.1, 0.15) is 17.9 Å². The first-order chi connectivity index (χ1) is 10.6. The van der Waals surface area contributed by atoms with Gasteiger partial charge in [0.2, 0.25) is 0 Å². The van der Waals surface area contributed by atoms with Crippen LogP contribution in [0.3, 0.4) is 0 Å². The van der Waals surface area contributed by atoms with E-state index in [4.69, 9.17) is 14.6 Å². The molecule has 0 spiro atoms. The van der Waals surface area contributed by atoms with Crippen molar-refractivity contribution in [2.45, 2.75) is 19.4 Å². The Kier molecular flexibility index (Phi) is 6.27. The third kappa shape index (κ3) is 6.92. The number of esters is 2. The van der Waals surface area contributed by atoms with Crippen LogP contribution in [-0.4, -0.2) is 61.3 Å². The van der Waals surface area contributed by atoms with Crippen molar-refractivity contribution >= 4 is 17.9 Å². The highest BCUT2D eigenvalue weighted by molar-refractivity contribution is 5.93. The largest absolute Gasteiger partial charge is 0.481 e. The molecule has 0 aliphatic heterocycles. The first-order valence-electron chi connectivity index (χ1n) is 7.09. The molecule has 1 unspecified atom stereocenters. The smallest absolute Gasteiger partial charge is 0.342 e. The molecule has 0 heterocycles. The number of para-hydroxylation sites is 1. The number of carbonyl (C=O) groups is 3. The number of hydrogen-bond donors (Lipinski definition) is 1. The lowest BCUT2D eigenvalue weighted by atomic mass is 10.2. The minimum Gasteiger partial charge on any atom is -0.481 e. The van der Waals surface area contributed by atoms with Crippen LogP contribution in [0, 0.1) is 0 Å². The normalized spacial score (nSPS) is 12.3. The fraction of sp³-hybridized carbons (Fsp3) is 0.438. The number of carbonyl (C=O) groups excluding carboxylic acids is 2. The predicted octanol–water partition coefficient (Wildman–Crippen LogP) is 1.32. The third-order valence-electron chi connectivity index (χ3n) is 2.79. The highest BCUT2D eigenvalue weighted by atomic mass is 16.6. The van der Waals surface area contributed by atoms with Gasteiger partial charge < -0.3 is 19.1 Å². The zero-order valence-electron chi connectivity index (χ0n) is 13.7. The Bertz CT molecular complexity index is 590. The minimum atomic E-state index is -1.05. The van der Waals surface area contributed by atoms with Crippen molar-refractivity contribution < 1.29 is 33.4 Å². The summed E-state index contributed by atoms with van der Waals surface area (Å²) in [6.45, 7) is 1.57. The molecule has 0 amide bonds. The molecule has 0 saturated carbocycles. The van der Waals surface area contributed by atoms with Gasteiger partial charge in [0.05, 0.1) is 27.6 Å². The molecule has 1 rings (SSSR count). The summed E-state index contributed by atoms with van der Waals surface area (Å²) >= 11 is 0. The SMILES string of the molecule is CC(=O)Oc1ccccc1C(=O)OC(CC(=O)O)C[N+](C)(C)C. The molecule has 23 heavy (non-hydrogen) atoms. The number of rotatable bonds is 7. The molecule has 0 bridgehead atoms. The number of likely N-dealkylation sites (N-methyl/N-ethyl adjacent to an activating group) is 1. The van der Waals surface area contributed by atoms with Crippen LogP contribution in [0.5, 0.6) is 5.75 Å². The molecule has 1 aromatic rings. The first-order valence-corrected chi connectivity index (χ1v) is 7.09. The summed E-state index contributed by atoms with van der Waals surface area (Å²) in [6.07, 6.45) is -1.08. The van der Waals surface area contributed by atoms with E-state index in [1.807, 2.05) is 21.1 Å². The van der Waals surface area contributed by atoms with E-state index in [0.29, 0.717) is 11.0 Å². The Morgan fingerprint density at radius 1 is 1.17 bits per heavy atom. The predicted molar refractivity (Wildman–Crippen MR) is 82.1 cm³/mol. The number of hydrogen-bond acceptors (Lipinski definition) is 5. The van der Waals surface area contributed by atoms with Crippen LogP contribution in [0.1, 0.15) is 23.7 Å². The molecule has 1 aromatic carbocycles. The molecule has 7 heteroatoms. The summed E-state index contributed by atoms with van der Waals surface area (Å²) in [4.78, 5) is 34.4. The third-order valence-corrected chi connectivity index (χ3v) is 2.79. The molecule has 0 fully saturated rings. The van der Waals surface area contributed by atoms with Crippen LogP contribution < -0.4 is 4.74 Å². The van der Waals surface area contributed by atoms with Crippen molar-refractivity contribution in [1.29, 1.82) is 0 Å². The molecule has 0 aliphatic rings. The molecule has 0 aromatic heterocycles. The second-order valence-corrected chi connectivity index (χ2v) is 6.19. The molecular formula is C16H22NO6+. The summed E-state index contributed by atoms with van der Waals surface area (Å²) in [6, 6.07) is 6.17. The van der Waals surface area contributed by atoms with Gasteiger partial charge in [0.15, 0.2) is 6.10 Å². The van der Waals surface area contributed by atoms with Gasteiger partial charge >= 0.3 is 17.9 Å². The van der Waals surface area contributed by atoms with Gasteiger partial charge in [-0.15, -0.1) is 0 Å². The highest BCUT2D eigenvalue weighted by Gasteiger charge is 2.26. The summed E-state index contributed by atoms with van der Waals surface area (Å²) in [7, 11) is 5.61. The number of ether oxygens (including phenoxy) is 2. The lowest BCUT2D eigenvalue weighted by molar-refractivity contribution is -0.873. The van der Waals surface area contributed by atoms with E-state index in [2.05, 4.69) is 0 Å².